The Balaban J connectivity index is 0.000000195. The van der Waals surface area contributed by atoms with Gasteiger partial charge in [0.05, 0.1) is 26.4 Å². The number of benzene rings is 4. The number of rotatable bonds is 29. The summed E-state index contributed by atoms with van der Waals surface area (Å²) >= 11 is 0. The van der Waals surface area contributed by atoms with Crippen molar-refractivity contribution in [1.82, 2.24) is 0 Å². The van der Waals surface area contributed by atoms with Gasteiger partial charge < -0.3 is 37.9 Å². The molecule has 8 rings (SSSR count). The van der Waals surface area contributed by atoms with Crippen molar-refractivity contribution in [1.29, 1.82) is 0 Å². The summed E-state index contributed by atoms with van der Waals surface area (Å²) < 4.78 is 46.0. The standard InChI is InChI=1S/C30H42O4.C27H30O4/c1-4-7-10-23-15-22(13-14-29(23)33-20-27-18-31-27)26-16-24(11-8-5-2)30(34-21-28-19-32-28)25(17-26)12-9-6-3;1-4-7-20-12-19(10-11-26(20)30-17-24-15-28-24)23-13-21(8-5-2)27(22(14-23)9-6-3)31-18-25-16-29-25/h13-17,27-28H,4-12,18-21H2,1-3H3;4-6,10-14,24-25H,1-3,7-9,15-18H2. The fourth-order valence-corrected chi connectivity index (χ4v) is 7.99. The van der Waals surface area contributed by atoms with Crippen LogP contribution in [0.2, 0.25) is 0 Å². The topological polar surface area (TPSA) is 87.0 Å². The van der Waals surface area contributed by atoms with Crippen molar-refractivity contribution in [2.24, 2.45) is 0 Å². The number of ether oxygens (including phenoxy) is 8. The van der Waals surface area contributed by atoms with E-state index in [9.17, 15) is 0 Å². The predicted octanol–water partition coefficient (Wildman–Crippen LogP) is 12.0. The molecule has 4 heterocycles. The molecule has 4 fully saturated rings. The van der Waals surface area contributed by atoms with Gasteiger partial charge in [0, 0.05) is 0 Å². The second kappa shape index (κ2) is 24.6. The van der Waals surface area contributed by atoms with E-state index in [1.165, 1.54) is 66.3 Å². The van der Waals surface area contributed by atoms with Gasteiger partial charge in [0.25, 0.3) is 0 Å². The van der Waals surface area contributed by atoms with E-state index in [1.54, 1.807) is 0 Å². The molecule has 4 atom stereocenters. The minimum absolute atomic E-state index is 0.211. The summed E-state index contributed by atoms with van der Waals surface area (Å²) in [5.74, 6) is 3.93. The lowest BCUT2D eigenvalue weighted by atomic mass is 9.92. The third kappa shape index (κ3) is 14.8. The molecule has 0 saturated carbocycles. The van der Waals surface area contributed by atoms with Crippen LogP contribution in [0.4, 0.5) is 0 Å². The maximum absolute atomic E-state index is 6.38. The van der Waals surface area contributed by atoms with Crippen LogP contribution >= 0.6 is 0 Å². The second-order valence-electron chi connectivity index (χ2n) is 17.7. The van der Waals surface area contributed by atoms with Crippen molar-refractivity contribution in [3.05, 3.63) is 132 Å². The normalized spacial score (nSPS) is 18.8. The molecule has 4 aliphatic rings. The lowest BCUT2D eigenvalue weighted by Gasteiger charge is -2.19. The van der Waals surface area contributed by atoms with E-state index >= 15 is 0 Å². The maximum Gasteiger partial charge on any atom is 0.126 e. The van der Waals surface area contributed by atoms with Crippen LogP contribution in [0.25, 0.3) is 22.3 Å². The molecule has 8 nitrogen and oxygen atoms in total. The summed E-state index contributed by atoms with van der Waals surface area (Å²) in [5, 5.41) is 0. The van der Waals surface area contributed by atoms with Crippen LogP contribution in [0.1, 0.15) is 92.7 Å². The van der Waals surface area contributed by atoms with Gasteiger partial charge in [-0.1, -0.05) is 70.4 Å². The van der Waals surface area contributed by atoms with Gasteiger partial charge in [0.15, 0.2) is 0 Å². The van der Waals surface area contributed by atoms with Crippen molar-refractivity contribution < 1.29 is 37.9 Å². The molecule has 65 heavy (non-hydrogen) atoms. The van der Waals surface area contributed by atoms with E-state index < -0.39 is 0 Å². The van der Waals surface area contributed by atoms with Crippen LogP contribution in [0, 0.1) is 0 Å². The predicted molar refractivity (Wildman–Crippen MR) is 262 cm³/mol. The molecule has 4 saturated heterocycles. The van der Waals surface area contributed by atoms with E-state index in [0.717, 1.165) is 116 Å². The summed E-state index contributed by atoms with van der Waals surface area (Å²) in [6.45, 7) is 24.2. The largest absolute Gasteiger partial charge is 0.491 e. The zero-order valence-electron chi connectivity index (χ0n) is 39.3. The van der Waals surface area contributed by atoms with Crippen molar-refractivity contribution in [2.45, 2.75) is 122 Å². The monoisotopic (exact) mass is 885 g/mol. The second-order valence-corrected chi connectivity index (χ2v) is 17.7. The van der Waals surface area contributed by atoms with Gasteiger partial charge in [-0.25, -0.2) is 0 Å². The fraction of sp³-hybridized carbons (Fsp3) is 0.474. The maximum atomic E-state index is 6.38. The average Bonchev–Trinajstić information content (AvgIpc) is 4.09. The third-order valence-corrected chi connectivity index (χ3v) is 12.1. The van der Waals surface area contributed by atoms with E-state index in [-0.39, 0.29) is 24.4 Å². The molecule has 0 N–H and O–H groups in total. The van der Waals surface area contributed by atoms with Gasteiger partial charge in [0.1, 0.15) is 73.8 Å². The van der Waals surface area contributed by atoms with Crippen LogP contribution < -0.4 is 18.9 Å². The molecule has 4 aromatic rings. The van der Waals surface area contributed by atoms with Gasteiger partial charge >= 0.3 is 0 Å². The van der Waals surface area contributed by atoms with E-state index in [2.05, 4.69) is 95.1 Å². The van der Waals surface area contributed by atoms with Gasteiger partial charge in [-0.2, -0.15) is 0 Å². The summed E-state index contributed by atoms with van der Waals surface area (Å²) in [4.78, 5) is 0. The Morgan fingerprint density at radius 2 is 0.754 bits per heavy atom. The lowest BCUT2D eigenvalue weighted by molar-refractivity contribution is 0.259. The molecule has 0 amide bonds. The highest BCUT2D eigenvalue weighted by Crippen LogP contribution is 2.38. The Labute approximate surface area is 388 Å². The zero-order valence-corrected chi connectivity index (χ0v) is 39.3. The van der Waals surface area contributed by atoms with Gasteiger partial charge in [-0.3, -0.25) is 0 Å². The Hall–Kier alpha value is -4.86. The Bertz CT molecular complexity index is 2120. The minimum atomic E-state index is 0.211. The molecule has 348 valence electrons. The Morgan fingerprint density at radius 1 is 0.431 bits per heavy atom. The first-order valence-corrected chi connectivity index (χ1v) is 24.3. The first-order chi connectivity index (χ1) is 31.9. The smallest absolute Gasteiger partial charge is 0.126 e. The van der Waals surface area contributed by atoms with E-state index in [1.807, 2.05) is 24.3 Å². The Morgan fingerprint density at radius 3 is 1.15 bits per heavy atom. The minimum Gasteiger partial charge on any atom is -0.491 e. The molecule has 4 aliphatic heterocycles. The number of aryl methyl sites for hydroxylation is 3. The molecule has 4 aromatic carbocycles. The third-order valence-electron chi connectivity index (χ3n) is 12.1. The number of epoxide rings is 4. The molecule has 8 heteroatoms. The molecular weight excluding hydrogens is 813 g/mol. The highest BCUT2D eigenvalue weighted by Gasteiger charge is 2.27. The van der Waals surface area contributed by atoms with Gasteiger partial charge in [0.2, 0.25) is 0 Å². The van der Waals surface area contributed by atoms with Gasteiger partial charge in [-0.05, 0) is 162 Å². The average molecular weight is 885 g/mol. The number of hydrogen-bond donors (Lipinski definition) is 0. The van der Waals surface area contributed by atoms with Crippen molar-refractivity contribution in [3.63, 3.8) is 0 Å². The molecular formula is C57H72O8. The van der Waals surface area contributed by atoms with E-state index in [4.69, 9.17) is 37.9 Å². The quantitative estimate of drug-likeness (QED) is 0.0394. The lowest BCUT2D eigenvalue weighted by Crippen LogP contribution is -2.09. The van der Waals surface area contributed by atoms with Crippen LogP contribution in [-0.2, 0) is 57.5 Å². The molecule has 0 radical (unpaired) electrons. The molecule has 4 unspecified atom stereocenters. The number of unbranched alkanes of at least 4 members (excludes halogenated alkanes) is 3. The summed E-state index contributed by atoms with van der Waals surface area (Å²) in [6, 6.07) is 22.2. The van der Waals surface area contributed by atoms with Crippen molar-refractivity contribution >= 4 is 0 Å². The van der Waals surface area contributed by atoms with Gasteiger partial charge in [-0.15, -0.1) is 19.7 Å². The summed E-state index contributed by atoms with van der Waals surface area (Å²) in [7, 11) is 0. The number of hydrogen-bond acceptors (Lipinski definition) is 8. The zero-order chi connectivity index (χ0) is 45.4. The van der Waals surface area contributed by atoms with Crippen LogP contribution in [0.15, 0.2) is 98.6 Å². The molecule has 0 aromatic heterocycles. The molecule has 0 aliphatic carbocycles. The van der Waals surface area contributed by atoms with Crippen LogP contribution in [0.5, 0.6) is 23.0 Å². The van der Waals surface area contributed by atoms with Crippen LogP contribution in [0.3, 0.4) is 0 Å². The fourth-order valence-electron chi connectivity index (χ4n) is 7.99. The highest BCUT2D eigenvalue weighted by atomic mass is 16.6. The molecule has 0 bridgehead atoms. The van der Waals surface area contributed by atoms with Crippen molar-refractivity contribution in [2.75, 3.05) is 52.9 Å². The van der Waals surface area contributed by atoms with E-state index in [0.29, 0.717) is 26.4 Å². The number of allylic oxidation sites excluding steroid dienone is 3. The first-order valence-electron chi connectivity index (χ1n) is 24.3. The highest BCUT2D eigenvalue weighted by molar-refractivity contribution is 5.71. The Kier molecular flexibility index (Phi) is 18.2. The van der Waals surface area contributed by atoms with Crippen LogP contribution in [-0.4, -0.2) is 77.3 Å². The summed E-state index contributed by atoms with van der Waals surface area (Å²) in [5.41, 5.74) is 12.2. The summed E-state index contributed by atoms with van der Waals surface area (Å²) in [6.07, 6.45) is 19.1. The SMILES string of the molecule is C=CCc1cc(-c2cc(CC=C)c(OCC3CO3)c(CC=C)c2)ccc1OCC1CO1.CCCCc1cc(-c2cc(CCCC)c(OCC3CO3)c(CCCC)c2)ccc1OCC1CO1. The molecule has 0 spiro atoms. The first kappa shape index (κ1) is 48.1. The van der Waals surface area contributed by atoms with Crippen molar-refractivity contribution in [3.8, 4) is 45.3 Å².